The zero-order valence-corrected chi connectivity index (χ0v) is 5.09. The van der Waals surface area contributed by atoms with Crippen LogP contribution in [0.15, 0.2) is 6.20 Å². The van der Waals surface area contributed by atoms with Gasteiger partial charge < -0.3 is 0 Å². The Labute approximate surface area is 53.3 Å². The van der Waals surface area contributed by atoms with Crippen LogP contribution in [0.2, 0.25) is 0 Å². The van der Waals surface area contributed by atoms with Crippen LogP contribution in [-0.4, -0.2) is 10.2 Å². The van der Waals surface area contributed by atoms with Crippen molar-refractivity contribution in [2.45, 2.75) is 18.8 Å². The minimum Gasteiger partial charge on any atom is -0.282 e. The fourth-order valence-electron chi connectivity index (χ4n) is 1.92. The van der Waals surface area contributed by atoms with E-state index in [-0.39, 0.29) is 0 Å². The molecule has 0 bridgehead atoms. The number of rotatable bonds is 0. The number of fused-ring (bicyclic) bond motifs is 3. The van der Waals surface area contributed by atoms with E-state index in [9.17, 15) is 0 Å². The normalized spacial score (nSPS) is 36.0. The summed E-state index contributed by atoms with van der Waals surface area (Å²) < 4.78 is 0. The molecule has 0 unspecified atom stereocenters. The molecule has 1 aromatic heterocycles. The van der Waals surface area contributed by atoms with E-state index in [4.69, 9.17) is 0 Å². The lowest BCUT2D eigenvalue weighted by Crippen LogP contribution is -1.82. The molecule has 0 radical (unpaired) electrons. The first-order valence-electron chi connectivity index (χ1n) is 3.47. The van der Waals surface area contributed by atoms with Crippen molar-refractivity contribution in [2.75, 3.05) is 0 Å². The molecule has 2 nitrogen and oxygen atoms in total. The number of H-pyrrole nitrogens is 1. The fourth-order valence-corrected chi connectivity index (χ4v) is 1.92. The van der Waals surface area contributed by atoms with Gasteiger partial charge in [-0.1, -0.05) is 0 Å². The molecule has 2 aliphatic carbocycles. The summed E-state index contributed by atoms with van der Waals surface area (Å²) in [6.45, 7) is 0. The molecule has 2 atom stereocenters. The maximum absolute atomic E-state index is 4.00. The van der Waals surface area contributed by atoms with Gasteiger partial charge in [-0.05, 0) is 30.2 Å². The summed E-state index contributed by atoms with van der Waals surface area (Å²) in [6.07, 6.45) is 4.68. The van der Waals surface area contributed by atoms with Gasteiger partial charge in [0.05, 0.1) is 6.20 Å². The van der Waals surface area contributed by atoms with Gasteiger partial charge in [0.2, 0.25) is 0 Å². The number of nitrogens with one attached hydrogen (secondary N) is 1. The van der Waals surface area contributed by atoms with E-state index in [0.717, 1.165) is 11.8 Å². The highest BCUT2D eigenvalue weighted by Crippen LogP contribution is 2.55. The first kappa shape index (κ1) is 4.09. The van der Waals surface area contributed by atoms with Gasteiger partial charge in [-0.25, -0.2) is 0 Å². The molecule has 1 fully saturated rings. The first-order valence-corrected chi connectivity index (χ1v) is 3.47. The molecule has 3 rings (SSSR count). The highest BCUT2D eigenvalue weighted by atomic mass is 15.1. The Bertz CT molecular complexity index is 251. The Morgan fingerprint density at radius 1 is 1.67 bits per heavy atom. The quantitative estimate of drug-likeness (QED) is 0.545. The zero-order chi connectivity index (χ0) is 5.84. The molecule has 0 spiro atoms. The minimum absolute atomic E-state index is 0.902. The van der Waals surface area contributed by atoms with Gasteiger partial charge in [0.15, 0.2) is 0 Å². The second-order valence-corrected chi connectivity index (χ2v) is 3.11. The van der Waals surface area contributed by atoms with Crippen molar-refractivity contribution in [3.63, 3.8) is 0 Å². The van der Waals surface area contributed by atoms with Crippen LogP contribution in [0.1, 0.15) is 23.6 Å². The number of hydrogen-bond donors (Lipinski definition) is 1. The molecule has 1 saturated carbocycles. The lowest BCUT2D eigenvalue weighted by Gasteiger charge is -1.87. The van der Waals surface area contributed by atoms with E-state index in [1.807, 2.05) is 6.20 Å². The molecular weight excluding hydrogens is 112 g/mol. The van der Waals surface area contributed by atoms with E-state index in [0.29, 0.717) is 0 Å². The maximum Gasteiger partial charge on any atom is 0.0525 e. The zero-order valence-electron chi connectivity index (χ0n) is 5.09. The van der Waals surface area contributed by atoms with Crippen molar-refractivity contribution in [1.82, 2.24) is 10.2 Å². The van der Waals surface area contributed by atoms with Gasteiger partial charge >= 0.3 is 0 Å². The van der Waals surface area contributed by atoms with Crippen LogP contribution in [0.4, 0.5) is 0 Å². The van der Waals surface area contributed by atoms with Crippen molar-refractivity contribution < 1.29 is 0 Å². The number of hydrogen-bond acceptors (Lipinski definition) is 1. The first-order chi connectivity index (χ1) is 4.45. The van der Waals surface area contributed by atoms with Crippen LogP contribution < -0.4 is 0 Å². The third-order valence-electron chi connectivity index (χ3n) is 2.54. The summed E-state index contributed by atoms with van der Waals surface area (Å²) in [5.74, 6) is 1.90. The topological polar surface area (TPSA) is 28.7 Å². The van der Waals surface area contributed by atoms with Gasteiger partial charge in [0.25, 0.3) is 0 Å². The molecule has 0 aliphatic heterocycles. The molecule has 2 heteroatoms. The molecule has 1 aromatic rings. The van der Waals surface area contributed by atoms with Crippen LogP contribution in [0.5, 0.6) is 0 Å². The van der Waals surface area contributed by atoms with Gasteiger partial charge in [0.1, 0.15) is 0 Å². The molecule has 2 aliphatic rings. The van der Waals surface area contributed by atoms with Crippen LogP contribution >= 0.6 is 0 Å². The second kappa shape index (κ2) is 1.06. The molecular formula is C7H8N2. The Hall–Kier alpha value is -0.790. The molecule has 0 saturated heterocycles. The van der Waals surface area contributed by atoms with Crippen LogP contribution in [0, 0.1) is 5.92 Å². The Morgan fingerprint density at radius 2 is 2.67 bits per heavy atom. The number of aromatic nitrogens is 2. The summed E-state index contributed by atoms with van der Waals surface area (Å²) in [7, 11) is 0. The lowest BCUT2D eigenvalue weighted by atomic mass is 10.2. The van der Waals surface area contributed by atoms with Gasteiger partial charge in [0, 0.05) is 5.69 Å². The lowest BCUT2D eigenvalue weighted by molar-refractivity contribution is 0.816. The van der Waals surface area contributed by atoms with E-state index in [1.165, 1.54) is 24.1 Å². The van der Waals surface area contributed by atoms with Gasteiger partial charge in [-0.3, -0.25) is 5.10 Å². The summed E-state index contributed by atoms with van der Waals surface area (Å²) in [5, 5.41) is 7.02. The summed E-state index contributed by atoms with van der Waals surface area (Å²) in [5.41, 5.74) is 2.90. The summed E-state index contributed by atoms with van der Waals surface area (Å²) in [6, 6.07) is 0. The van der Waals surface area contributed by atoms with E-state index >= 15 is 0 Å². The Morgan fingerprint density at radius 3 is 3.56 bits per heavy atom. The summed E-state index contributed by atoms with van der Waals surface area (Å²) in [4.78, 5) is 0. The van der Waals surface area contributed by atoms with Gasteiger partial charge in [-0.15, -0.1) is 0 Å². The molecule has 1 heterocycles. The Balaban J connectivity index is 2.25. The highest BCUT2D eigenvalue weighted by molar-refractivity contribution is 5.35. The van der Waals surface area contributed by atoms with Crippen LogP contribution in [0.3, 0.4) is 0 Å². The monoisotopic (exact) mass is 120 g/mol. The predicted molar refractivity (Wildman–Crippen MR) is 33.1 cm³/mol. The number of nitrogens with zero attached hydrogens (tertiary/aromatic N) is 1. The predicted octanol–water partition coefficient (Wildman–Crippen LogP) is 1.07. The largest absolute Gasteiger partial charge is 0.282 e. The van der Waals surface area contributed by atoms with Crippen molar-refractivity contribution >= 4 is 0 Å². The smallest absolute Gasteiger partial charge is 0.0525 e. The number of aromatic amines is 1. The molecule has 0 aromatic carbocycles. The fraction of sp³-hybridized carbons (Fsp3) is 0.571. The average molecular weight is 120 g/mol. The third-order valence-corrected chi connectivity index (χ3v) is 2.54. The Kier molecular flexibility index (Phi) is 0.481. The van der Waals surface area contributed by atoms with Crippen LogP contribution in [0.25, 0.3) is 0 Å². The maximum atomic E-state index is 4.00. The van der Waals surface area contributed by atoms with Crippen LogP contribution in [-0.2, 0) is 6.42 Å². The highest BCUT2D eigenvalue weighted by Gasteiger charge is 2.46. The molecule has 0 amide bonds. The molecule has 1 N–H and O–H groups in total. The molecule has 9 heavy (non-hydrogen) atoms. The van der Waals surface area contributed by atoms with E-state index in [2.05, 4.69) is 10.2 Å². The minimum atomic E-state index is 0.902. The van der Waals surface area contributed by atoms with Crippen molar-refractivity contribution in [1.29, 1.82) is 0 Å². The standard InChI is InChI=1S/C7H8N2/c1-4-2-7-6(5(1)4)3-8-9-7/h3-5H,1-2H2,(H,8,9)/t4-,5-/m0/s1. The SMILES string of the molecule is c1n[nH]c2c1[C@H]1C[C@H]1C2. The second-order valence-electron chi connectivity index (χ2n) is 3.11. The molecule has 46 valence electrons. The van der Waals surface area contributed by atoms with Crippen molar-refractivity contribution in [3.8, 4) is 0 Å². The van der Waals surface area contributed by atoms with Gasteiger partial charge in [-0.2, -0.15) is 5.10 Å². The summed E-state index contributed by atoms with van der Waals surface area (Å²) >= 11 is 0. The van der Waals surface area contributed by atoms with Crippen molar-refractivity contribution in [3.05, 3.63) is 17.5 Å². The van der Waals surface area contributed by atoms with Crippen molar-refractivity contribution in [2.24, 2.45) is 5.92 Å². The van der Waals surface area contributed by atoms with E-state index in [1.54, 1.807) is 0 Å². The average Bonchev–Trinajstić information content (AvgIpc) is 2.38. The van der Waals surface area contributed by atoms with E-state index < -0.39 is 0 Å². The third kappa shape index (κ3) is 0.363.